The first-order valence-corrected chi connectivity index (χ1v) is 4.04. The smallest absolute Gasteiger partial charge is 0.332 e. The Bertz CT molecular complexity index is 190. The number of ether oxygens (including phenoxy) is 1. The van der Waals surface area contributed by atoms with Gasteiger partial charge in [-0.25, -0.2) is 4.79 Å². The van der Waals surface area contributed by atoms with Gasteiger partial charge >= 0.3 is 5.97 Å². The van der Waals surface area contributed by atoms with Gasteiger partial charge in [0.15, 0.2) is 0 Å². The predicted molar refractivity (Wildman–Crippen MR) is 48.3 cm³/mol. The van der Waals surface area contributed by atoms with Crippen molar-refractivity contribution in [2.75, 3.05) is 6.73 Å². The summed E-state index contributed by atoms with van der Waals surface area (Å²) in [4.78, 5) is 15.5. The van der Waals surface area contributed by atoms with Gasteiger partial charge in [0.1, 0.15) is 0 Å². The largest absolute Gasteiger partial charge is 0.373 e. The Morgan fingerprint density at radius 1 is 1.31 bits per heavy atom. The fourth-order valence-corrected chi connectivity index (χ4v) is 0.782. The van der Waals surface area contributed by atoms with E-state index in [9.17, 15) is 4.79 Å². The SMILES string of the molecule is CC(C)(OCN)C(C)(C)C(=O)ON. The van der Waals surface area contributed by atoms with Gasteiger partial charge in [-0.2, -0.15) is 5.90 Å². The first-order valence-electron chi connectivity index (χ1n) is 4.04. The van der Waals surface area contributed by atoms with Crippen LogP contribution < -0.4 is 11.6 Å². The maximum absolute atomic E-state index is 11.3. The zero-order chi connectivity index (χ0) is 10.7. The van der Waals surface area contributed by atoms with Crippen LogP contribution in [0.25, 0.3) is 0 Å². The molecule has 0 heterocycles. The van der Waals surface area contributed by atoms with E-state index in [-0.39, 0.29) is 6.73 Å². The molecule has 0 unspecified atom stereocenters. The zero-order valence-corrected chi connectivity index (χ0v) is 8.59. The van der Waals surface area contributed by atoms with Crippen LogP contribution in [-0.4, -0.2) is 18.3 Å². The summed E-state index contributed by atoms with van der Waals surface area (Å²) < 4.78 is 5.24. The highest BCUT2D eigenvalue weighted by Gasteiger charge is 2.45. The molecule has 0 saturated carbocycles. The van der Waals surface area contributed by atoms with Crippen LogP contribution in [-0.2, 0) is 14.4 Å². The molecule has 5 heteroatoms. The minimum absolute atomic E-state index is 0.0499. The highest BCUT2D eigenvalue weighted by Crippen LogP contribution is 2.34. The number of nitrogens with two attached hydrogens (primary N) is 2. The van der Waals surface area contributed by atoms with Crippen molar-refractivity contribution in [3.05, 3.63) is 0 Å². The molecule has 0 saturated heterocycles. The summed E-state index contributed by atoms with van der Waals surface area (Å²) in [5, 5.41) is 0. The van der Waals surface area contributed by atoms with Crippen LogP contribution in [0.15, 0.2) is 0 Å². The van der Waals surface area contributed by atoms with Gasteiger partial charge in [0.05, 0.1) is 17.7 Å². The number of carbonyl (C=O) groups is 1. The lowest BCUT2D eigenvalue weighted by Crippen LogP contribution is -2.49. The Balaban J connectivity index is 4.69. The zero-order valence-electron chi connectivity index (χ0n) is 8.59. The van der Waals surface area contributed by atoms with Crippen molar-refractivity contribution in [2.45, 2.75) is 33.3 Å². The quantitative estimate of drug-likeness (QED) is 0.486. The van der Waals surface area contributed by atoms with Crippen LogP contribution in [0.3, 0.4) is 0 Å². The maximum Gasteiger partial charge on any atom is 0.332 e. The topological polar surface area (TPSA) is 87.6 Å². The summed E-state index contributed by atoms with van der Waals surface area (Å²) in [6.07, 6.45) is 0. The van der Waals surface area contributed by atoms with Crippen LogP contribution in [0.2, 0.25) is 0 Å². The summed E-state index contributed by atoms with van der Waals surface area (Å²) >= 11 is 0. The van der Waals surface area contributed by atoms with Crippen LogP contribution in [0, 0.1) is 5.41 Å². The Kier molecular flexibility index (Phi) is 3.84. The second-order valence-corrected chi connectivity index (χ2v) is 3.85. The van der Waals surface area contributed by atoms with Crippen LogP contribution in [0.1, 0.15) is 27.7 Å². The normalized spacial score (nSPS) is 12.8. The van der Waals surface area contributed by atoms with Crippen LogP contribution >= 0.6 is 0 Å². The van der Waals surface area contributed by atoms with Crippen molar-refractivity contribution < 1.29 is 14.4 Å². The number of carbonyl (C=O) groups excluding carboxylic acids is 1. The van der Waals surface area contributed by atoms with E-state index in [0.717, 1.165) is 0 Å². The van der Waals surface area contributed by atoms with E-state index < -0.39 is 17.0 Å². The molecule has 0 aliphatic rings. The lowest BCUT2D eigenvalue weighted by Gasteiger charge is -2.37. The van der Waals surface area contributed by atoms with Crippen molar-refractivity contribution in [3.63, 3.8) is 0 Å². The van der Waals surface area contributed by atoms with Crippen molar-refractivity contribution in [2.24, 2.45) is 17.0 Å². The number of hydrogen-bond acceptors (Lipinski definition) is 5. The second-order valence-electron chi connectivity index (χ2n) is 3.85. The molecule has 78 valence electrons. The van der Waals surface area contributed by atoms with Gasteiger partial charge in [-0.15, -0.1) is 0 Å². The Morgan fingerprint density at radius 2 is 1.77 bits per heavy atom. The van der Waals surface area contributed by atoms with E-state index in [0.29, 0.717) is 0 Å². The van der Waals surface area contributed by atoms with E-state index in [1.165, 1.54) is 0 Å². The molecule has 0 aromatic rings. The van der Waals surface area contributed by atoms with Gasteiger partial charge in [-0.3, -0.25) is 0 Å². The average molecular weight is 190 g/mol. The van der Waals surface area contributed by atoms with Gasteiger partial charge in [0.25, 0.3) is 0 Å². The predicted octanol–water partition coefficient (Wildman–Crippen LogP) is 0.141. The molecule has 0 aliphatic carbocycles. The third-order valence-corrected chi connectivity index (χ3v) is 2.57. The third kappa shape index (κ3) is 2.40. The monoisotopic (exact) mass is 190 g/mol. The standard InChI is InChI=1S/C8H18N2O3/c1-7(2,6(11)13-10)8(3,4)12-5-9/h5,9-10H2,1-4H3. The van der Waals surface area contributed by atoms with Crippen LogP contribution in [0.4, 0.5) is 0 Å². The summed E-state index contributed by atoms with van der Waals surface area (Å²) in [5.74, 6) is 4.29. The lowest BCUT2D eigenvalue weighted by atomic mass is 9.77. The highest BCUT2D eigenvalue weighted by atomic mass is 16.7. The summed E-state index contributed by atoms with van der Waals surface area (Å²) in [6.45, 7) is 6.96. The molecule has 0 spiro atoms. The minimum Gasteiger partial charge on any atom is -0.373 e. The molecule has 0 aromatic heterocycles. The first kappa shape index (κ1) is 12.3. The van der Waals surface area contributed by atoms with E-state index in [2.05, 4.69) is 4.84 Å². The molecule has 0 rings (SSSR count). The minimum atomic E-state index is -0.832. The Morgan fingerprint density at radius 3 is 2.08 bits per heavy atom. The van der Waals surface area contributed by atoms with E-state index in [1.807, 2.05) is 0 Å². The second kappa shape index (κ2) is 4.04. The van der Waals surface area contributed by atoms with E-state index in [1.54, 1.807) is 27.7 Å². The average Bonchev–Trinajstić information content (AvgIpc) is 2.02. The van der Waals surface area contributed by atoms with Gasteiger partial charge in [-0.1, -0.05) is 0 Å². The van der Waals surface area contributed by atoms with Crippen molar-refractivity contribution >= 4 is 5.97 Å². The molecule has 5 nitrogen and oxygen atoms in total. The number of rotatable bonds is 4. The summed E-state index contributed by atoms with van der Waals surface area (Å²) in [7, 11) is 0. The number of hydrogen-bond donors (Lipinski definition) is 2. The molecule has 13 heavy (non-hydrogen) atoms. The molecular weight excluding hydrogens is 172 g/mol. The molecule has 4 N–H and O–H groups in total. The van der Waals surface area contributed by atoms with Gasteiger partial charge in [0, 0.05) is 0 Å². The van der Waals surface area contributed by atoms with Crippen molar-refractivity contribution in [1.82, 2.24) is 0 Å². The molecule has 0 bridgehead atoms. The molecule has 0 fully saturated rings. The maximum atomic E-state index is 11.3. The van der Waals surface area contributed by atoms with E-state index >= 15 is 0 Å². The Labute approximate surface area is 78.3 Å². The van der Waals surface area contributed by atoms with Gasteiger partial charge in [-0.05, 0) is 27.7 Å². The van der Waals surface area contributed by atoms with Gasteiger partial charge < -0.3 is 15.3 Å². The van der Waals surface area contributed by atoms with Gasteiger partial charge in [0.2, 0.25) is 0 Å². The molecular formula is C8H18N2O3. The fraction of sp³-hybridized carbons (Fsp3) is 0.875. The fourth-order valence-electron chi connectivity index (χ4n) is 0.782. The first-order chi connectivity index (χ1) is 5.79. The summed E-state index contributed by atoms with van der Waals surface area (Å²) in [5.41, 5.74) is 3.70. The molecule has 0 amide bonds. The third-order valence-electron chi connectivity index (χ3n) is 2.57. The molecule has 0 atom stereocenters. The summed E-state index contributed by atoms with van der Waals surface area (Å²) in [6, 6.07) is 0. The van der Waals surface area contributed by atoms with Crippen LogP contribution in [0.5, 0.6) is 0 Å². The Hall–Kier alpha value is -0.650. The lowest BCUT2D eigenvalue weighted by molar-refractivity contribution is -0.175. The van der Waals surface area contributed by atoms with Crippen molar-refractivity contribution in [3.8, 4) is 0 Å². The molecule has 0 radical (unpaired) electrons. The highest BCUT2D eigenvalue weighted by molar-refractivity contribution is 5.77. The molecule has 0 aliphatic heterocycles. The van der Waals surface area contributed by atoms with Crippen molar-refractivity contribution in [1.29, 1.82) is 0 Å². The van der Waals surface area contributed by atoms with E-state index in [4.69, 9.17) is 16.4 Å². The molecule has 0 aromatic carbocycles.